The van der Waals surface area contributed by atoms with E-state index in [1.54, 1.807) is 0 Å². The number of benzene rings is 1. The molecule has 0 bridgehead atoms. The summed E-state index contributed by atoms with van der Waals surface area (Å²) >= 11 is 5.70. The van der Waals surface area contributed by atoms with Gasteiger partial charge in [-0.05, 0) is 36.9 Å². The molecule has 14 heavy (non-hydrogen) atoms. The number of rotatable bonds is 2. The maximum atomic E-state index is 13.3. The fourth-order valence-electron chi connectivity index (χ4n) is 1.74. The van der Waals surface area contributed by atoms with Crippen LogP contribution in [0.3, 0.4) is 0 Å². The standard InChI is InChI=1S/C10H10ClF2N/c11-10-8(13)2-1-7(12)9(10)6-3-5(6)4-14/h1-2,5-6H,3-4,14H2/t5-,6+/m0/s1. The largest absolute Gasteiger partial charge is 0.330 e. The average Bonchev–Trinajstić information content (AvgIpc) is 2.92. The molecule has 1 aliphatic carbocycles. The van der Waals surface area contributed by atoms with Crippen LogP contribution in [0.1, 0.15) is 17.9 Å². The SMILES string of the molecule is NC[C@@H]1C[C@H]1c1c(F)ccc(F)c1Cl. The van der Waals surface area contributed by atoms with Crippen molar-refractivity contribution in [2.24, 2.45) is 11.7 Å². The van der Waals surface area contributed by atoms with Crippen molar-refractivity contribution < 1.29 is 8.78 Å². The monoisotopic (exact) mass is 217 g/mol. The van der Waals surface area contributed by atoms with E-state index in [-0.39, 0.29) is 16.9 Å². The molecule has 2 N–H and O–H groups in total. The Hall–Kier alpha value is -0.670. The first-order chi connectivity index (χ1) is 6.65. The van der Waals surface area contributed by atoms with Crippen molar-refractivity contribution in [3.05, 3.63) is 34.4 Å². The van der Waals surface area contributed by atoms with Crippen LogP contribution in [0.2, 0.25) is 5.02 Å². The summed E-state index contributed by atoms with van der Waals surface area (Å²) in [6.07, 6.45) is 0.802. The van der Waals surface area contributed by atoms with Crippen molar-refractivity contribution in [2.75, 3.05) is 6.54 Å². The zero-order chi connectivity index (χ0) is 10.3. The highest BCUT2D eigenvalue weighted by molar-refractivity contribution is 6.31. The van der Waals surface area contributed by atoms with Crippen LogP contribution in [0.5, 0.6) is 0 Å². The molecule has 0 spiro atoms. The Labute approximate surface area is 85.9 Å². The highest BCUT2D eigenvalue weighted by Gasteiger charge is 2.40. The Bertz CT molecular complexity index is 367. The molecule has 1 saturated carbocycles. The summed E-state index contributed by atoms with van der Waals surface area (Å²) < 4.78 is 26.4. The van der Waals surface area contributed by atoms with Gasteiger partial charge in [0.2, 0.25) is 0 Å². The quantitative estimate of drug-likeness (QED) is 0.758. The Morgan fingerprint density at radius 2 is 2.00 bits per heavy atom. The molecule has 1 aromatic carbocycles. The molecule has 1 nitrogen and oxygen atoms in total. The second-order valence-electron chi connectivity index (χ2n) is 3.59. The van der Waals surface area contributed by atoms with Crippen molar-refractivity contribution in [2.45, 2.75) is 12.3 Å². The number of nitrogens with two attached hydrogens (primary N) is 1. The van der Waals surface area contributed by atoms with E-state index < -0.39 is 11.6 Å². The summed E-state index contributed by atoms with van der Waals surface area (Å²) in [5.41, 5.74) is 5.73. The molecule has 76 valence electrons. The van der Waals surface area contributed by atoms with Crippen LogP contribution in [0, 0.1) is 17.6 Å². The van der Waals surface area contributed by atoms with Crippen molar-refractivity contribution in [1.82, 2.24) is 0 Å². The maximum absolute atomic E-state index is 13.3. The Kier molecular flexibility index (Phi) is 2.45. The third kappa shape index (κ3) is 1.51. The van der Waals surface area contributed by atoms with E-state index in [9.17, 15) is 8.78 Å². The van der Waals surface area contributed by atoms with E-state index in [1.165, 1.54) is 0 Å². The van der Waals surface area contributed by atoms with Gasteiger partial charge in [-0.2, -0.15) is 0 Å². The molecule has 1 aromatic rings. The van der Waals surface area contributed by atoms with Gasteiger partial charge >= 0.3 is 0 Å². The van der Waals surface area contributed by atoms with Crippen LogP contribution in [-0.2, 0) is 0 Å². The fraction of sp³-hybridized carbons (Fsp3) is 0.400. The van der Waals surface area contributed by atoms with Gasteiger partial charge in [0.1, 0.15) is 11.6 Å². The smallest absolute Gasteiger partial charge is 0.142 e. The maximum Gasteiger partial charge on any atom is 0.142 e. The lowest BCUT2D eigenvalue weighted by Crippen LogP contribution is -2.03. The zero-order valence-corrected chi connectivity index (χ0v) is 8.19. The molecule has 0 amide bonds. The minimum absolute atomic E-state index is 0.00296. The molecule has 0 saturated heterocycles. The summed E-state index contributed by atoms with van der Waals surface area (Å²) in [5, 5.41) is -0.0917. The second kappa shape index (κ2) is 3.48. The van der Waals surface area contributed by atoms with Gasteiger partial charge in [0.05, 0.1) is 5.02 Å². The lowest BCUT2D eigenvalue weighted by molar-refractivity contribution is 0.582. The highest BCUT2D eigenvalue weighted by Crippen LogP contribution is 2.50. The fourth-order valence-corrected chi connectivity index (χ4v) is 2.04. The molecule has 0 unspecified atom stereocenters. The van der Waals surface area contributed by atoms with Crippen molar-refractivity contribution in [3.63, 3.8) is 0 Å². The van der Waals surface area contributed by atoms with Crippen molar-refractivity contribution in [3.8, 4) is 0 Å². The van der Waals surface area contributed by atoms with Crippen LogP contribution in [-0.4, -0.2) is 6.54 Å². The Morgan fingerprint density at radius 3 is 2.57 bits per heavy atom. The third-order valence-corrected chi connectivity index (χ3v) is 3.06. The predicted octanol–water partition coefficient (Wildman–Crippen LogP) is 2.68. The summed E-state index contributed by atoms with van der Waals surface area (Å²) in [4.78, 5) is 0. The molecule has 2 rings (SSSR count). The van der Waals surface area contributed by atoms with Gasteiger partial charge in [0.25, 0.3) is 0 Å². The molecule has 0 aliphatic heterocycles. The molecular formula is C10H10ClF2N. The third-order valence-electron chi connectivity index (χ3n) is 2.68. The summed E-state index contributed by atoms with van der Waals surface area (Å²) in [6, 6.07) is 2.16. The summed E-state index contributed by atoms with van der Waals surface area (Å²) in [7, 11) is 0. The van der Waals surface area contributed by atoms with Gasteiger partial charge in [-0.3, -0.25) is 0 Å². The molecule has 1 fully saturated rings. The van der Waals surface area contributed by atoms with E-state index in [0.717, 1.165) is 18.6 Å². The second-order valence-corrected chi connectivity index (χ2v) is 3.97. The first-order valence-electron chi connectivity index (χ1n) is 4.48. The number of hydrogen-bond donors (Lipinski definition) is 1. The lowest BCUT2D eigenvalue weighted by Gasteiger charge is -2.05. The summed E-state index contributed by atoms with van der Waals surface area (Å²) in [5.74, 6) is -0.741. The number of halogens is 3. The normalized spacial score (nSPS) is 25.1. The van der Waals surface area contributed by atoms with Crippen LogP contribution >= 0.6 is 11.6 Å². The van der Waals surface area contributed by atoms with Gasteiger partial charge in [-0.25, -0.2) is 8.78 Å². The van der Waals surface area contributed by atoms with Crippen LogP contribution in [0.25, 0.3) is 0 Å². The first-order valence-corrected chi connectivity index (χ1v) is 4.86. The molecular weight excluding hydrogens is 208 g/mol. The van der Waals surface area contributed by atoms with Crippen molar-refractivity contribution in [1.29, 1.82) is 0 Å². The molecule has 0 aromatic heterocycles. The Balaban J connectivity index is 2.38. The Morgan fingerprint density at radius 1 is 1.36 bits per heavy atom. The van der Waals surface area contributed by atoms with Gasteiger partial charge in [-0.15, -0.1) is 0 Å². The molecule has 0 radical (unpaired) electrons. The van der Waals surface area contributed by atoms with E-state index in [0.29, 0.717) is 12.1 Å². The average molecular weight is 218 g/mol. The molecule has 2 atom stereocenters. The molecule has 4 heteroatoms. The van der Waals surface area contributed by atoms with Gasteiger partial charge in [-0.1, -0.05) is 11.6 Å². The van der Waals surface area contributed by atoms with E-state index in [4.69, 9.17) is 17.3 Å². The van der Waals surface area contributed by atoms with Gasteiger partial charge < -0.3 is 5.73 Å². The van der Waals surface area contributed by atoms with Gasteiger partial charge in [0, 0.05) is 5.56 Å². The molecule has 1 aliphatic rings. The first kappa shape index (κ1) is 9.87. The van der Waals surface area contributed by atoms with Gasteiger partial charge in [0.15, 0.2) is 0 Å². The van der Waals surface area contributed by atoms with Crippen LogP contribution in [0.15, 0.2) is 12.1 Å². The minimum Gasteiger partial charge on any atom is -0.330 e. The van der Waals surface area contributed by atoms with Crippen LogP contribution in [0.4, 0.5) is 8.78 Å². The highest BCUT2D eigenvalue weighted by atomic mass is 35.5. The number of hydrogen-bond acceptors (Lipinski definition) is 1. The predicted molar refractivity (Wildman–Crippen MR) is 51.3 cm³/mol. The van der Waals surface area contributed by atoms with Crippen molar-refractivity contribution >= 4 is 11.6 Å². The lowest BCUT2D eigenvalue weighted by atomic mass is 10.1. The van der Waals surface area contributed by atoms with E-state index in [2.05, 4.69) is 0 Å². The van der Waals surface area contributed by atoms with Crippen LogP contribution < -0.4 is 5.73 Å². The molecule has 0 heterocycles. The minimum atomic E-state index is -0.564. The van der Waals surface area contributed by atoms with E-state index in [1.807, 2.05) is 0 Å². The topological polar surface area (TPSA) is 26.0 Å². The zero-order valence-electron chi connectivity index (χ0n) is 7.43. The van der Waals surface area contributed by atoms with E-state index >= 15 is 0 Å². The summed E-state index contributed by atoms with van der Waals surface area (Å²) in [6.45, 7) is 0.497.